The fourth-order valence-electron chi connectivity index (χ4n) is 2.66. The van der Waals surface area contributed by atoms with Crippen LogP contribution in [0.4, 0.5) is 0 Å². The second-order valence-electron chi connectivity index (χ2n) is 5.93. The van der Waals surface area contributed by atoms with Crippen molar-refractivity contribution in [1.82, 2.24) is 4.90 Å². The van der Waals surface area contributed by atoms with Crippen molar-refractivity contribution in [3.8, 4) is 0 Å². The van der Waals surface area contributed by atoms with Gasteiger partial charge in [-0.1, -0.05) is 27.7 Å². The van der Waals surface area contributed by atoms with E-state index in [1.165, 1.54) is 18.7 Å². The maximum Gasteiger partial charge on any atom is 0.131 e. The number of hydrogen-bond donors (Lipinski definition) is 0. The summed E-state index contributed by atoms with van der Waals surface area (Å²) in [5.41, 5.74) is 0.131. The Morgan fingerprint density at radius 3 is 2.06 bits per heavy atom. The van der Waals surface area contributed by atoms with Crippen molar-refractivity contribution in [1.29, 1.82) is 0 Å². The van der Waals surface area contributed by atoms with E-state index in [0.717, 1.165) is 18.9 Å². The lowest BCUT2D eigenvalue weighted by molar-refractivity contribution is 0.270. The van der Waals surface area contributed by atoms with E-state index in [-0.39, 0.29) is 10.8 Å². The van der Waals surface area contributed by atoms with E-state index >= 15 is 0 Å². The van der Waals surface area contributed by atoms with Gasteiger partial charge in [-0.15, -0.1) is 0 Å². The van der Waals surface area contributed by atoms with Crippen LogP contribution in [0.15, 0.2) is 9.98 Å². The molecule has 3 heteroatoms. The molecule has 0 saturated carbocycles. The molecule has 0 aromatic rings. The zero-order valence-electron chi connectivity index (χ0n) is 11.2. The van der Waals surface area contributed by atoms with E-state index in [9.17, 15) is 0 Å². The first-order valence-corrected chi connectivity index (χ1v) is 6.22. The quantitative estimate of drug-likeness (QED) is 0.618. The molecule has 0 aliphatic carbocycles. The molecule has 0 spiro atoms. The molecule has 0 radical (unpaired) electrons. The Morgan fingerprint density at radius 1 is 1.06 bits per heavy atom. The van der Waals surface area contributed by atoms with Crippen LogP contribution in [0.25, 0.3) is 0 Å². The first kappa shape index (κ1) is 11.6. The predicted octanol–water partition coefficient (Wildman–Crippen LogP) is 2.58. The summed E-state index contributed by atoms with van der Waals surface area (Å²) in [7, 11) is 1.85. The monoisotopic (exact) mass is 221 g/mol. The summed E-state index contributed by atoms with van der Waals surface area (Å²) in [4.78, 5) is 11.6. The summed E-state index contributed by atoms with van der Waals surface area (Å²) >= 11 is 0. The molecular formula is C13H23N3. The van der Waals surface area contributed by atoms with Crippen LogP contribution in [-0.4, -0.2) is 36.7 Å². The topological polar surface area (TPSA) is 28.0 Å². The molecule has 3 nitrogen and oxygen atoms in total. The van der Waals surface area contributed by atoms with Gasteiger partial charge < -0.3 is 4.90 Å². The van der Waals surface area contributed by atoms with E-state index in [1.54, 1.807) is 0 Å². The summed E-state index contributed by atoms with van der Waals surface area (Å²) in [5.74, 6) is 2.25. The number of aliphatic imine (C=N–C) groups is 2. The lowest BCUT2D eigenvalue weighted by Crippen LogP contribution is -2.44. The lowest BCUT2D eigenvalue weighted by Gasteiger charge is -2.38. The summed E-state index contributed by atoms with van der Waals surface area (Å²) in [5, 5.41) is 0. The Labute approximate surface area is 98.7 Å². The Hall–Kier alpha value is -0.860. The van der Waals surface area contributed by atoms with Crippen molar-refractivity contribution in [2.45, 2.75) is 40.5 Å². The molecule has 0 N–H and O–H groups in total. The number of nitrogens with zero attached hydrogens (tertiary/aromatic N) is 3. The third-order valence-corrected chi connectivity index (χ3v) is 4.51. The Bertz CT molecular complexity index is 344. The highest BCUT2D eigenvalue weighted by molar-refractivity contribution is 6.10. The average molecular weight is 221 g/mol. The molecule has 2 aliphatic heterocycles. The zero-order chi connectivity index (χ0) is 12.0. The van der Waals surface area contributed by atoms with Gasteiger partial charge in [0, 0.05) is 31.0 Å². The minimum Gasteiger partial charge on any atom is -0.360 e. The van der Waals surface area contributed by atoms with E-state index in [4.69, 9.17) is 4.99 Å². The van der Waals surface area contributed by atoms with Crippen molar-refractivity contribution < 1.29 is 0 Å². The van der Waals surface area contributed by atoms with Crippen LogP contribution in [-0.2, 0) is 0 Å². The Balaban J connectivity index is 2.38. The molecule has 90 valence electrons. The highest BCUT2D eigenvalue weighted by atomic mass is 15.2. The average Bonchev–Trinajstić information content (AvgIpc) is 2.75. The second kappa shape index (κ2) is 3.57. The van der Waals surface area contributed by atoms with Crippen LogP contribution in [0.5, 0.6) is 0 Å². The third kappa shape index (κ3) is 1.40. The van der Waals surface area contributed by atoms with Gasteiger partial charge in [-0.3, -0.25) is 4.99 Å². The van der Waals surface area contributed by atoms with Gasteiger partial charge in [0.1, 0.15) is 11.7 Å². The van der Waals surface area contributed by atoms with Crippen LogP contribution in [0.3, 0.4) is 0 Å². The third-order valence-electron chi connectivity index (χ3n) is 4.51. The van der Waals surface area contributed by atoms with Crippen LogP contribution in [0, 0.1) is 10.8 Å². The van der Waals surface area contributed by atoms with Gasteiger partial charge in [0.15, 0.2) is 0 Å². The molecule has 16 heavy (non-hydrogen) atoms. The van der Waals surface area contributed by atoms with Crippen LogP contribution < -0.4 is 0 Å². The molecule has 1 fully saturated rings. The first-order chi connectivity index (χ1) is 7.41. The van der Waals surface area contributed by atoms with E-state index in [1.807, 2.05) is 7.05 Å². The van der Waals surface area contributed by atoms with Gasteiger partial charge in [0.25, 0.3) is 0 Å². The zero-order valence-corrected chi connectivity index (χ0v) is 11.2. The Kier molecular flexibility index (Phi) is 2.59. The van der Waals surface area contributed by atoms with Gasteiger partial charge in [-0.05, 0) is 12.8 Å². The molecule has 1 saturated heterocycles. The van der Waals surface area contributed by atoms with Crippen molar-refractivity contribution in [3.63, 3.8) is 0 Å². The molecule has 0 unspecified atom stereocenters. The van der Waals surface area contributed by atoms with Crippen LogP contribution in [0.1, 0.15) is 40.5 Å². The summed E-state index contributed by atoms with van der Waals surface area (Å²) in [6.07, 6.45) is 2.60. The fraction of sp³-hybridized carbons (Fsp3) is 0.846. The maximum absolute atomic E-state index is 4.79. The Morgan fingerprint density at radius 2 is 1.62 bits per heavy atom. The van der Waals surface area contributed by atoms with Gasteiger partial charge in [-0.25, -0.2) is 4.99 Å². The fourth-order valence-corrected chi connectivity index (χ4v) is 2.66. The highest BCUT2D eigenvalue weighted by Crippen LogP contribution is 2.47. The molecule has 0 bridgehead atoms. The number of hydrogen-bond acceptors (Lipinski definition) is 2. The van der Waals surface area contributed by atoms with Crippen molar-refractivity contribution in [2.75, 3.05) is 20.1 Å². The van der Waals surface area contributed by atoms with E-state index < -0.39 is 0 Å². The molecule has 0 aromatic carbocycles. The van der Waals surface area contributed by atoms with Crippen molar-refractivity contribution >= 4 is 11.7 Å². The number of rotatable bonds is 0. The summed E-state index contributed by atoms with van der Waals surface area (Å²) in [6.45, 7) is 11.4. The van der Waals surface area contributed by atoms with Crippen LogP contribution >= 0.6 is 0 Å². The van der Waals surface area contributed by atoms with Gasteiger partial charge in [0.05, 0.1) is 0 Å². The lowest BCUT2D eigenvalue weighted by atomic mass is 9.68. The molecule has 2 heterocycles. The van der Waals surface area contributed by atoms with Gasteiger partial charge in [0.2, 0.25) is 0 Å². The minimum absolute atomic E-state index is 0.0413. The largest absolute Gasteiger partial charge is 0.360 e. The van der Waals surface area contributed by atoms with Crippen molar-refractivity contribution in [3.05, 3.63) is 0 Å². The van der Waals surface area contributed by atoms with Crippen molar-refractivity contribution in [2.24, 2.45) is 20.8 Å². The van der Waals surface area contributed by atoms with Gasteiger partial charge in [-0.2, -0.15) is 0 Å². The SMILES string of the molecule is CN=C1N=C(N2CCCC2)C(C)(C)C1(C)C. The molecule has 0 amide bonds. The second-order valence-corrected chi connectivity index (χ2v) is 5.93. The molecule has 2 aliphatic rings. The normalized spacial score (nSPS) is 29.9. The van der Waals surface area contributed by atoms with E-state index in [2.05, 4.69) is 37.6 Å². The van der Waals surface area contributed by atoms with E-state index in [0.29, 0.717) is 0 Å². The summed E-state index contributed by atoms with van der Waals surface area (Å²) in [6, 6.07) is 0. The molecule has 0 atom stereocenters. The smallest absolute Gasteiger partial charge is 0.131 e. The minimum atomic E-state index is 0.0413. The number of likely N-dealkylation sites (tertiary alicyclic amines) is 1. The maximum atomic E-state index is 4.79. The predicted molar refractivity (Wildman–Crippen MR) is 69.2 cm³/mol. The molecule has 2 rings (SSSR count). The van der Waals surface area contributed by atoms with Gasteiger partial charge >= 0.3 is 0 Å². The first-order valence-electron chi connectivity index (χ1n) is 6.22. The molecular weight excluding hydrogens is 198 g/mol. The standard InChI is InChI=1S/C13H23N3/c1-12(2)10(14-5)15-11(13(12,3)4)16-8-6-7-9-16/h6-9H2,1-5H3. The number of amidine groups is 2. The summed E-state index contributed by atoms with van der Waals surface area (Å²) < 4.78 is 0. The van der Waals surface area contributed by atoms with Crippen LogP contribution in [0.2, 0.25) is 0 Å². The highest BCUT2D eigenvalue weighted by Gasteiger charge is 2.51. The molecule has 0 aromatic heterocycles.